The molecule has 0 aliphatic carbocycles. The van der Waals surface area contributed by atoms with Gasteiger partial charge in [0.15, 0.2) is 0 Å². The van der Waals surface area contributed by atoms with Gasteiger partial charge in [-0.2, -0.15) is 5.26 Å². The number of carboxylic acid groups (broad SMARTS) is 1. The lowest BCUT2D eigenvalue weighted by Crippen LogP contribution is -2.21. The second-order valence-electron chi connectivity index (χ2n) is 6.42. The fourth-order valence-electron chi connectivity index (χ4n) is 3.46. The fourth-order valence-corrected chi connectivity index (χ4v) is 3.46. The molecule has 8 heteroatoms. The fraction of sp³-hybridized carbons (Fsp3) is 0.500. The largest absolute Gasteiger partial charge is 0.481 e. The standard InChI is InChI=1S/C16H20N6O2/c1-10-11(5-17)3-13(18-10)7-22-6-12(4-16(23)24)14(8-22)15-9-21(2)20-19-15/h3,9,12,14,18H,4,6-8H2,1-2H3,(H,23,24)/t12-,14+/m0/s1. The van der Waals surface area contributed by atoms with Crippen molar-refractivity contribution in [3.63, 3.8) is 0 Å². The number of hydrogen-bond acceptors (Lipinski definition) is 5. The molecule has 3 rings (SSSR count). The highest BCUT2D eigenvalue weighted by Gasteiger charge is 2.36. The van der Waals surface area contributed by atoms with Gasteiger partial charge in [0, 0.05) is 50.2 Å². The third kappa shape index (κ3) is 3.31. The molecule has 1 aliphatic rings. The smallest absolute Gasteiger partial charge is 0.303 e. The summed E-state index contributed by atoms with van der Waals surface area (Å²) in [5.74, 6) is -0.731. The molecule has 8 nitrogen and oxygen atoms in total. The molecule has 0 radical (unpaired) electrons. The Morgan fingerprint density at radius 1 is 1.54 bits per heavy atom. The summed E-state index contributed by atoms with van der Waals surface area (Å²) in [6, 6.07) is 4.02. The molecule has 2 aromatic rings. The van der Waals surface area contributed by atoms with Gasteiger partial charge in [-0.3, -0.25) is 14.4 Å². The Labute approximate surface area is 139 Å². The van der Waals surface area contributed by atoms with Crippen LogP contribution in [0.15, 0.2) is 12.3 Å². The Balaban J connectivity index is 1.76. The van der Waals surface area contributed by atoms with E-state index in [0.29, 0.717) is 18.7 Å². The molecule has 2 atom stereocenters. The minimum atomic E-state index is -0.793. The number of hydrogen-bond donors (Lipinski definition) is 2. The van der Waals surface area contributed by atoms with Crippen LogP contribution in [0.1, 0.15) is 35.0 Å². The van der Waals surface area contributed by atoms with Crippen molar-refractivity contribution in [3.05, 3.63) is 34.9 Å². The Morgan fingerprint density at radius 3 is 2.92 bits per heavy atom. The minimum Gasteiger partial charge on any atom is -0.481 e. The van der Waals surface area contributed by atoms with E-state index in [0.717, 1.165) is 23.6 Å². The molecule has 1 aliphatic heterocycles. The van der Waals surface area contributed by atoms with E-state index in [9.17, 15) is 9.90 Å². The maximum Gasteiger partial charge on any atom is 0.303 e. The molecule has 0 amide bonds. The van der Waals surface area contributed by atoms with Crippen molar-refractivity contribution in [2.24, 2.45) is 13.0 Å². The zero-order valence-electron chi connectivity index (χ0n) is 13.7. The number of rotatable bonds is 5. The quantitative estimate of drug-likeness (QED) is 0.847. The van der Waals surface area contributed by atoms with Gasteiger partial charge in [-0.15, -0.1) is 5.10 Å². The number of aromatic amines is 1. The van der Waals surface area contributed by atoms with Crippen molar-refractivity contribution in [1.82, 2.24) is 24.9 Å². The first-order chi connectivity index (χ1) is 11.5. The Kier molecular flexibility index (Phi) is 4.36. The van der Waals surface area contributed by atoms with Gasteiger partial charge < -0.3 is 10.1 Å². The first kappa shape index (κ1) is 16.2. The summed E-state index contributed by atoms with van der Waals surface area (Å²) < 4.78 is 1.64. The van der Waals surface area contributed by atoms with Gasteiger partial charge in [0.05, 0.1) is 17.7 Å². The number of carbonyl (C=O) groups is 1. The van der Waals surface area contributed by atoms with Crippen LogP contribution in [-0.4, -0.2) is 49.0 Å². The number of aryl methyl sites for hydroxylation is 2. The van der Waals surface area contributed by atoms with E-state index in [4.69, 9.17) is 5.26 Å². The zero-order valence-corrected chi connectivity index (χ0v) is 13.7. The molecule has 0 saturated carbocycles. The highest BCUT2D eigenvalue weighted by atomic mass is 16.4. The van der Waals surface area contributed by atoms with E-state index in [1.54, 1.807) is 11.7 Å². The van der Waals surface area contributed by atoms with Gasteiger partial charge >= 0.3 is 5.97 Å². The molecule has 0 spiro atoms. The number of H-pyrrole nitrogens is 1. The van der Waals surface area contributed by atoms with Gasteiger partial charge in [0.2, 0.25) is 0 Å². The van der Waals surface area contributed by atoms with Crippen molar-refractivity contribution >= 4 is 5.97 Å². The number of nitrogens with zero attached hydrogens (tertiary/aromatic N) is 5. The van der Waals surface area contributed by atoms with E-state index in [1.807, 2.05) is 19.2 Å². The monoisotopic (exact) mass is 328 g/mol. The van der Waals surface area contributed by atoms with Gasteiger partial charge in [0.25, 0.3) is 0 Å². The lowest BCUT2D eigenvalue weighted by atomic mass is 9.91. The molecule has 1 fully saturated rings. The Hall–Kier alpha value is -2.66. The lowest BCUT2D eigenvalue weighted by Gasteiger charge is -2.14. The molecule has 2 aromatic heterocycles. The Morgan fingerprint density at radius 2 is 2.33 bits per heavy atom. The number of carboxylic acids is 1. The number of nitriles is 1. The zero-order chi connectivity index (χ0) is 17.3. The average Bonchev–Trinajstić information content (AvgIpc) is 3.18. The molecule has 3 heterocycles. The number of aromatic nitrogens is 4. The predicted molar refractivity (Wildman–Crippen MR) is 85.0 cm³/mol. The molecular weight excluding hydrogens is 308 g/mol. The average molecular weight is 328 g/mol. The molecule has 0 unspecified atom stereocenters. The molecule has 24 heavy (non-hydrogen) atoms. The topological polar surface area (TPSA) is 111 Å². The van der Waals surface area contributed by atoms with Crippen molar-refractivity contribution < 1.29 is 9.90 Å². The SMILES string of the molecule is Cc1[nH]c(CN2C[C@H](CC(=O)O)[C@H](c3cn(C)nn3)C2)cc1C#N. The van der Waals surface area contributed by atoms with Gasteiger partial charge in [-0.25, -0.2) is 0 Å². The lowest BCUT2D eigenvalue weighted by molar-refractivity contribution is -0.138. The molecule has 0 aromatic carbocycles. The summed E-state index contributed by atoms with van der Waals surface area (Å²) >= 11 is 0. The van der Waals surface area contributed by atoms with Crippen LogP contribution in [0.5, 0.6) is 0 Å². The van der Waals surface area contributed by atoms with E-state index >= 15 is 0 Å². The summed E-state index contributed by atoms with van der Waals surface area (Å²) in [6.07, 6.45) is 1.97. The van der Waals surface area contributed by atoms with E-state index < -0.39 is 5.97 Å². The normalized spacial score (nSPS) is 21.0. The summed E-state index contributed by atoms with van der Waals surface area (Å²) in [7, 11) is 1.81. The van der Waals surface area contributed by atoms with Crippen molar-refractivity contribution in [2.45, 2.75) is 25.8 Å². The summed E-state index contributed by atoms with van der Waals surface area (Å²) in [5, 5.41) is 26.4. The van der Waals surface area contributed by atoms with Crippen molar-refractivity contribution in [3.8, 4) is 6.07 Å². The van der Waals surface area contributed by atoms with Crippen LogP contribution in [0.2, 0.25) is 0 Å². The number of likely N-dealkylation sites (tertiary alicyclic amines) is 1. The summed E-state index contributed by atoms with van der Waals surface area (Å²) in [5.41, 5.74) is 3.32. The minimum absolute atomic E-state index is 0.00527. The van der Waals surface area contributed by atoms with Gasteiger partial charge in [-0.05, 0) is 18.9 Å². The number of nitrogens with one attached hydrogen (secondary N) is 1. The van der Waals surface area contributed by atoms with Gasteiger partial charge in [-0.1, -0.05) is 5.21 Å². The van der Waals surface area contributed by atoms with Crippen LogP contribution in [0.25, 0.3) is 0 Å². The van der Waals surface area contributed by atoms with Crippen LogP contribution in [0.3, 0.4) is 0 Å². The Bertz CT molecular complexity index is 787. The number of aliphatic carboxylic acids is 1. The van der Waals surface area contributed by atoms with Crippen LogP contribution in [-0.2, 0) is 18.4 Å². The van der Waals surface area contributed by atoms with E-state index in [2.05, 4.69) is 26.3 Å². The van der Waals surface area contributed by atoms with E-state index in [1.165, 1.54) is 0 Å². The van der Waals surface area contributed by atoms with Crippen LogP contribution >= 0.6 is 0 Å². The maximum absolute atomic E-state index is 11.2. The van der Waals surface area contributed by atoms with Crippen LogP contribution in [0.4, 0.5) is 0 Å². The first-order valence-corrected chi connectivity index (χ1v) is 7.85. The van der Waals surface area contributed by atoms with Crippen molar-refractivity contribution in [2.75, 3.05) is 13.1 Å². The van der Waals surface area contributed by atoms with E-state index in [-0.39, 0.29) is 18.3 Å². The van der Waals surface area contributed by atoms with Gasteiger partial charge in [0.1, 0.15) is 6.07 Å². The van der Waals surface area contributed by atoms with Crippen molar-refractivity contribution in [1.29, 1.82) is 5.26 Å². The summed E-state index contributed by atoms with van der Waals surface area (Å²) in [6.45, 7) is 3.96. The highest BCUT2D eigenvalue weighted by molar-refractivity contribution is 5.67. The van der Waals surface area contributed by atoms with Crippen LogP contribution in [0, 0.1) is 24.2 Å². The summed E-state index contributed by atoms with van der Waals surface area (Å²) in [4.78, 5) is 16.6. The predicted octanol–water partition coefficient (Wildman–Crippen LogP) is 1.01. The molecule has 1 saturated heterocycles. The first-order valence-electron chi connectivity index (χ1n) is 7.85. The third-order valence-corrected chi connectivity index (χ3v) is 4.54. The molecule has 2 N–H and O–H groups in total. The maximum atomic E-state index is 11.2. The molecule has 0 bridgehead atoms. The highest BCUT2D eigenvalue weighted by Crippen LogP contribution is 2.34. The third-order valence-electron chi connectivity index (χ3n) is 4.54. The second kappa shape index (κ2) is 6.45. The molecule has 126 valence electrons. The van der Waals surface area contributed by atoms with Crippen LogP contribution < -0.4 is 0 Å². The molecular formula is C16H20N6O2. The second-order valence-corrected chi connectivity index (χ2v) is 6.42.